The Morgan fingerprint density at radius 3 is 2.61 bits per heavy atom. The van der Waals surface area contributed by atoms with Crippen molar-refractivity contribution in [2.75, 3.05) is 6.61 Å². The van der Waals surface area contributed by atoms with Crippen LogP contribution in [-0.4, -0.2) is 69.4 Å². The maximum absolute atomic E-state index is 15.2. The minimum atomic E-state index is -3.64. The largest absolute Gasteiger partial charge is 0.543 e. The molecule has 7 atom stereocenters. The van der Waals surface area contributed by atoms with Gasteiger partial charge in [-0.2, -0.15) is 4.39 Å². The lowest BCUT2D eigenvalue weighted by Gasteiger charge is -2.49. The van der Waals surface area contributed by atoms with Crippen molar-refractivity contribution in [1.82, 2.24) is 0 Å². The van der Waals surface area contributed by atoms with Gasteiger partial charge in [-0.3, -0.25) is 0 Å². The van der Waals surface area contributed by atoms with Gasteiger partial charge >= 0.3 is 0 Å². The summed E-state index contributed by atoms with van der Waals surface area (Å²) in [5.74, 6) is -12.5. The molecule has 3 rings (SSSR count). The van der Waals surface area contributed by atoms with Crippen molar-refractivity contribution in [3.63, 3.8) is 0 Å². The lowest BCUT2D eigenvalue weighted by molar-refractivity contribution is -0.383. The van der Waals surface area contributed by atoms with E-state index in [1.54, 1.807) is 0 Å². The van der Waals surface area contributed by atoms with Crippen molar-refractivity contribution in [3.05, 3.63) is 41.7 Å². The predicted octanol–water partition coefficient (Wildman–Crippen LogP) is -0.453. The normalized spacial score (nSPS) is 31.2. The Morgan fingerprint density at radius 2 is 2.03 bits per heavy atom. The van der Waals surface area contributed by atoms with E-state index in [-0.39, 0.29) is 11.3 Å². The number of carboxylic acids is 1. The number of fused-ring (bicyclic) bond motifs is 1. The fourth-order valence-electron chi connectivity index (χ4n) is 3.75. The Hall–Kier alpha value is -2.64. The molecule has 33 heavy (non-hydrogen) atoms. The third-order valence-corrected chi connectivity index (χ3v) is 5.65. The molecule has 182 valence electrons. The fourth-order valence-corrected chi connectivity index (χ4v) is 3.75. The van der Waals surface area contributed by atoms with Crippen molar-refractivity contribution < 1.29 is 57.7 Å². The Bertz CT molecular complexity index is 994. The van der Waals surface area contributed by atoms with Gasteiger partial charge < -0.3 is 44.5 Å². The van der Waals surface area contributed by atoms with Gasteiger partial charge in [0.1, 0.15) is 23.9 Å². The molecule has 0 amide bonds. The number of ether oxygens (including phenoxy) is 3. The molecule has 0 radical (unpaired) electrons. The van der Waals surface area contributed by atoms with E-state index in [0.717, 1.165) is 13.0 Å². The summed E-state index contributed by atoms with van der Waals surface area (Å²) in [6.45, 7) is 5.17. The Balaban J connectivity index is 2.11. The van der Waals surface area contributed by atoms with Gasteiger partial charge in [0, 0.05) is 11.5 Å². The van der Waals surface area contributed by atoms with E-state index in [1.165, 1.54) is 13.0 Å². The Morgan fingerprint density at radius 1 is 1.39 bits per heavy atom. The second-order valence-corrected chi connectivity index (χ2v) is 7.91. The smallest absolute Gasteiger partial charge is 0.286 e. The Kier molecular flexibility index (Phi) is 6.78. The number of alkyl halides is 1. The Labute approximate surface area is 185 Å². The van der Waals surface area contributed by atoms with Crippen LogP contribution in [0.2, 0.25) is 0 Å². The highest BCUT2D eigenvalue weighted by Crippen LogP contribution is 2.44. The van der Waals surface area contributed by atoms with Gasteiger partial charge in [0.25, 0.3) is 5.79 Å². The molecule has 1 saturated heterocycles. The van der Waals surface area contributed by atoms with Crippen molar-refractivity contribution in [3.8, 4) is 11.5 Å². The van der Waals surface area contributed by atoms with Gasteiger partial charge in [-0.1, -0.05) is 13.5 Å². The molecule has 1 aromatic carbocycles. The number of hydrogen-bond acceptors (Lipinski definition) is 9. The van der Waals surface area contributed by atoms with Crippen LogP contribution in [-0.2, 0) is 9.53 Å². The summed E-state index contributed by atoms with van der Waals surface area (Å²) in [6, 6.07) is 0.756. The predicted molar refractivity (Wildman–Crippen MR) is 102 cm³/mol. The number of hydrogen-bond donors (Lipinski definition) is 4. The third-order valence-electron chi connectivity index (χ3n) is 5.65. The topological polar surface area (TPSA) is 149 Å². The first-order valence-electron chi connectivity index (χ1n) is 9.80. The first kappa shape index (κ1) is 25.0. The molecule has 9 nitrogen and oxygen atoms in total. The molecule has 2 aliphatic rings. The van der Waals surface area contributed by atoms with Crippen LogP contribution in [0, 0.1) is 17.6 Å². The van der Waals surface area contributed by atoms with Crippen LogP contribution in [0.3, 0.4) is 0 Å². The van der Waals surface area contributed by atoms with Crippen LogP contribution in [0.15, 0.2) is 24.5 Å². The van der Waals surface area contributed by atoms with Crippen molar-refractivity contribution >= 4 is 11.5 Å². The lowest BCUT2D eigenvalue weighted by Crippen LogP contribution is -2.71. The highest BCUT2D eigenvalue weighted by atomic mass is 19.1. The number of carbonyl (C=O) groups is 1. The molecule has 1 fully saturated rings. The number of carboxylic acid groups (broad SMARTS) is 1. The number of aliphatic carboxylic acids is 1. The van der Waals surface area contributed by atoms with Crippen LogP contribution in [0.25, 0.3) is 5.57 Å². The van der Waals surface area contributed by atoms with E-state index in [2.05, 4.69) is 6.58 Å². The molecule has 0 saturated carbocycles. The number of aliphatic hydroxyl groups excluding tert-OH is 4. The van der Waals surface area contributed by atoms with E-state index in [9.17, 15) is 29.6 Å². The second kappa shape index (κ2) is 8.95. The van der Waals surface area contributed by atoms with E-state index in [4.69, 9.17) is 19.3 Å². The first-order chi connectivity index (χ1) is 15.3. The van der Waals surface area contributed by atoms with E-state index >= 15 is 8.78 Å². The third kappa shape index (κ3) is 4.08. The van der Waals surface area contributed by atoms with Crippen LogP contribution < -0.4 is 14.6 Å². The zero-order valence-corrected chi connectivity index (χ0v) is 17.5. The maximum Gasteiger partial charge on any atom is 0.286 e. The molecule has 12 heteroatoms. The summed E-state index contributed by atoms with van der Waals surface area (Å²) in [4.78, 5) is 12.0. The zero-order chi connectivity index (χ0) is 24.8. The van der Waals surface area contributed by atoms with Gasteiger partial charge in [0.2, 0.25) is 5.82 Å². The minimum absolute atomic E-state index is 0.0196. The van der Waals surface area contributed by atoms with Crippen LogP contribution in [0.5, 0.6) is 11.5 Å². The minimum Gasteiger partial charge on any atom is -0.543 e. The summed E-state index contributed by atoms with van der Waals surface area (Å²) < 4.78 is 60.1. The highest BCUT2D eigenvalue weighted by molar-refractivity contribution is 5.77. The number of benzene rings is 1. The molecular weight excluding hydrogens is 453 g/mol. The van der Waals surface area contributed by atoms with Crippen LogP contribution in [0.1, 0.15) is 19.4 Å². The molecule has 2 aliphatic heterocycles. The quantitative estimate of drug-likeness (QED) is 0.429. The van der Waals surface area contributed by atoms with E-state index in [1.807, 2.05) is 0 Å². The van der Waals surface area contributed by atoms with E-state index in [0.29, 0.717) is 5.57 Å². The number of rotatable bonds is 6. The summed E-state index contributed by atoms with van der Waals surface area (Å²) in [5, 5.41) is 51.2. The van der Waals surface area contributed by atoms with Crippen molar-refractivity contribution in [2.24, 2.45) is 5.92 Å². The van der Waals surface area contributed by atoms with Gasteiger partial charge in [0.15, 0.2) is 23.5 Å². The average Bonchev–Trinajstić information content (AvgIpc) is 2.76. The van der Waals surface area contributed by atoms with Gasteiger partial charge in [0.05, 0.1) is 18.8 Å². The number of allylic oxidation sites excluding steroid dienone is 2. The summed E-state index contributed by atoms with van der Waals surface area (Å²) in [5.41, 5.74) is 0.324. The molecule has 2 heterocycles. The highest BCUT2D eigenvalue weighted by Gasteiger charge is 2.59. The molecule has 5 unspecified atom stereocenters. The van der Waals surface area contributed by atoms with Gasteiger partial charge in [-0.25, -0.2) is 8.78 Å². The first-order valence-corrected chi connectivity index (χ1v) is 9.80. The average molecular weight is 475 g/mol. The number of aliphatic hydroxyl groups is 4. The van der Waals surface area contributed by atoms with Crippen molar-refractivity contribution in [2.45, 2.75) is 50.2 Å². The van der Waals surface area contributed by atoms with Crippen LogP contribution in [0.4, 0.5) is 13.2 Å². The fraction of sp³-hybridized carbons (Fsp3) is 0.476. The molecule has 0 aromatic heterocycles. The summed E-state index contributed by atoms with van der Waals surface area (Å²) >= 11 is 0. The lowest BCUT2D eigenvalue weighted by atomic mass is 9.83. The zero-order valence-electron chi connectivity index (χ0n) is 17.5. The van der Waals surface area contributed by atoms with E-state index < -0.39 is 78.0 Å². The SMILES string of the molecule is C=C1C=C(C)c2cc(F)c(OC3(C(=O)[O-])OC([C@H](O)[C@H](O)CO)C(C)C(O)C3F)c(F)c2O1. The molecule has 0 bridgehead atoms. The number of halogens is 3. The summed E-state index contributed by atoms with van der Waals surface area (Å²) in [7, 11) is 0. The van der Waals surface area contributed by atoms with Crippen LogP contribution >= 0.6 is 0 Å². The molecule has 4 N–H and O–H groups in total. The molecule has 0 aliphatic carbocycles. The molecular formula is C21H22F3O9-. The van der Waals surface area contributed by atoms with Gasteiger partial charge in [-0.15, -0.1) is 0 Å². The molecule has 1 aromatic rings. The monoisotopic (exact) mass is 475 g/mol. The second-order valence-electron chi connectivity index (χ2n) is 7.91. The maximum atomic E-state index is 15.2. The van der Waals surface area contributed by atoms with Crippen molar-refractivity contribution in [1.29, 1.82) is 0 Å². The molecule has 0 spiro atoms. The number of carbonyl (C=O) groups excluding carboxylic acids is 1. The summed E-state index contributed by atoms with van der Waals surface area (Å²) in [6.07, 6.45) is -9.52. The standard InChI is InChI=1S/C21H23F3O9/c1-7-4-8(2)31-17-10(7)5-11(22)18(13(17)23)33-21(20(29)30)19(24)14(27)9(3)16(32-21)15(28)12(26)6-25/h4-5,9,12,14-16,19,25-28H,2,6H2,1,3H3,(H,29,30)/p-1/t9?,12-,14?,15-,16?,19?,21?/m1/s1. The van der Waals surface area contributed by atoms with Gasteiger partial charge in [-0.05, 0) is 24.6 Å².